The number of amides is 1. The molecular weight excluding hydrogens is 422 g/mol. The third-order valence-electron chi connectivity index (χ3n) is 4.58. The molecule has 2 aromatic carbocycles. The fraction of sp³-hybridized carbons (Fsp3) is 0.182. The Kier molecular flexibility index (Phi) is 5.99. The summed E-state index contributed by atoms with van der Waals surface area (Å²) in [6.07, 6.45) is 1.67. The van der Waals surface area contributed by atoms with Gasteiger partial charge in [0.1, 0.15) is 5.75 Å². The summed E-state index contributed by atoms with van der Waals surface area (Å²) in [6.45, 7) is 2.13. The molecule has 5 nitrogen and oxygen atoms in total. The van der Waals surface area contributed by atoms with Crippen LogP contribution in [-0.4, -0.2) is 31.0 Å². The monoisotopic (exact) mass is 441 g/mol. The van der Waals surface area contributed by atoms with E-state index in [0.29, 0.717) is 23.6 Å². The summed E-state index contributed by atoms with van der Waals surface area (Å²) >= 11 is 3.43. The second kappa shape index (κ2) is 8.44. The maximum atomic E-state index is 13.2. The second-order valence-electron chi connectivity index (χ2n) is 6.27. The lowest BCUT2D eigenvalue weighted by Crippen LogP contribution is -2.24. The predicted molar refractivity (Wildman–Crippen MR) is 110 cm³/mol. The van der Waals surface area contributed by atoms with Gasteiger partial charge in [0.05, 0.1) is 31.9 Å². The van der Waals surface area contributed by atoms with Crippen LogP contribution in [-0.2, 0) is 20.9 Å². The largest absolute Gasteiger partial charge is 0.496 e. The minimum absolute atomic E-state index is 0.246. The molecule has 28 heavy (non-hydrogen) atoms. The number of ether oxygens (including phenoxy) is 2. The lowest BCUT2D eigenvalue weighted by molar-refractivity contribution is -0.136. The zero-order valence-electron chi connectivity index (χ0n) is 15.9. The molecule has 6 heteroatoms. The number of halogens is 1. The predicted octanol–water partition coefficient (Wildman–Crippen LogP) is 4.33. The van der Waals surface area contributed by atoms with E-state index in [1.165, 1.54) is 7.11 Å². The Morgan fingerprint density at radius 1 is 1.14 bits per heavy atom. The Morgan fingerprint density at radius 2 is 1.86 bits per heavy atom. The number of allylic oxidation sites excluding steroid dienone is 1. The summed E-state index contributed by atoms with van der Waals surface area (Å²) in [4.78, 5) is 27.2. The Morgan fingerprint density at radius 3 is 2.50 bits per heavy atom. The van der Waals surface area contributed by atoms with Gasteiger partial charge < -0.3 is 14.4 Å². The topological polar surface area (TPSA) is 55.8 Å². The molecule has 0 aromatic heterocycles. The van der Waals surface area contributed by atoms with Gasteiger partial charge in [-0.3, -0.25) is 4.79 Å². The fourth-order valence-electron chi connectivity index (χ4n) is 3.16. The van der Waals surface area contributed by atoms with Crippen LogP contribution in [0.3, 0.4) is 0 Å². The van der Waals surface area contributed by atoms with Gasteiger partial charge >= 0.3 is 5.97 Å². The first-order valence-electron chi connectivity index (χ1n) is 8.67. The SMILES string of the molecule is COC(=O)C1=C(C)N(Cc2ccccc2)C(=O)/C1=C\c1cc(Br)ccc1OC. The molecule has 1 amide bonds. The maximum Gasteiger partial charge on any atom is 0.340 e. The highest BCUT2D eigenvalue weighted by atomic mass is 79.9. The number of rotatable bonds is 5. The average molecular weight is 442 g/mol. The van der Waals surface area contributed by atoms with Gasteiger partial charge in [-0.2, -0.15) is 0 Å². The molecule has 144 valence electrons. The van der Waals surface area contributed by atoms with E-state index in [2.05, 4.69) is 15.9 Å². The number of carbonyl (C=O) groups excluding carboxylic acids is 2. The molecule has 0 spiro atoms. The Labute approximate surface area is 172 Å². The van der Waals surface area contributed by atoms with Crippen molar-refractivity contribution in [3.8, 4) is 5.75 Å². The molecule has 3 rings (SSSR count). The number of esters is 1. The first kappa shape index (κ1) is 19.9. The van der Waals surface area contributed by atoms with Gasteiger partial charge in [-0.15, -0.1) is 0 Å². The zero-order chi connectivity index (χ0) is 20.3. The van der Waals surface area contributed by atoms with Gasteiger partial charge in [0, 0.05) is 15.7 Å². The molecule has 0 unspecified atom stereocenters. The molecule has 1 heterocycles. The minimum atomic E-state index is -0.540. The third-order valence-corrected chi connectivity index (χ3v) is 5.07. The third kappa shape index (κ3) is 3.87. The minimum Gasteiger partial charge on any atom is -0.496 e. The first-order chi connectivity index (χ1) is 13.5. The van der Waals surface area contributed by atoms with Crippen molar-refractivity contribution in [1.82, 2.24) is 4.90 Å². The smallest absolute Gasteiger partial charge is 0.340 e. The van der Waals surface area contributed by atoms with Crippen molar-refractivity contribution in [2.45, 2.75) is 13.5 Å². The molecule has 0 bridgehead atoms. The van der Waals surface area contributed by atoms with Crippen molar-refractivity contribution in [1.29, 1.82) is 0 Å². The highest BCUT2D eigenvalue weighted by Crippen LogP contribution is 2.35. The molecule has 1 aliphatic rings. The average Bonchev–Trinajstić information content (AvgIpc) is 2.93. The van der Waals surface area contributed by atoms with Crippen molar-refractivity contribution in [2.24, 2.45) is 0 Å². The number of carbonyl (C=O) groups is 2. The van der Waals surface area contributed by atoms with Crippen molar-refractivity contribution in [3.63, 3.8) is 0 Å². The first-order valence-corrected chi connectivity index (χ1v) is 9.46. The van der Waals surface area contributed by atoms with Gasteiger partial charge in [0.15, 0.2) is 0 Å². The van der Waals surface area contributed by atoms with Crippen LogP contribution in [0, 0.1) is 0 Å². The quantitative estimate of drug-likeness (QED) is 0.511. The van der Waals surface area contributed by atoms with Gasteiger partial charge in [-0.25, -0.2) is 4.79 Å². The lowest BCUT2D eigenvalue weighted by Gasteiger charge is -2.17. The van der Waals surface area contributed by atoms with E-state index >= 15 is 0 Å². The van der Waals surface area contributed by atoms with Gasteiger partial charge in [-0.05, 0) is 36.8 Å². The fourth-order valence-corrected chi connectivity index (χ4v) is 3.54. The Hall–Kier alpha value is -2.86. The Balaban J connectivity index is 2.08. The van der Waals surface area contributed by atoms with Crippen LogP contribution in [0.25, 0.3) is 6.08 Å². The van der Waals surface area contributed by atoms with E-state index in [-0.39, 0.29) is 17.1 Å². The van der Waals surface area contributed by atoms with Crippen LogP contribution in [0.5, 0.6) is 5.75 Å². The summed E-state index contributed by atoms with van der Waals surface area (Å²) in [5.41, 5.74) is 2.79. The van der Waals surface area contributed by atoms with E-state index in [4.69, 9.17) is 9.47 Å². The van der Waals surface area contributed by atoms with Crippen LogP contribution in [0.1, 0.15) is 18.1 Å². The molecule has 0 atom stereocenters. The summed E-state index contributed by atoms with van der Waals surface area (Å²) in [7, 11) is 2.87. The van der Waals surface area contributed by atoms with Gasteiger partial charge in [0.25, 0.3) is 5.91 Å². The second-order valence-corrected chi connectivity index (χ2v) is 7.19. The number of hydrogen-bond acceptors (Lipinski definition) is 4. The number of benzene rings is 2. The highest BCUT2D eigenvalue weighted by molar-refractivity contribution is 9.10. The summed E-state index contributed by atoms with van der Waals surface area (Å²) < 4.78 is 11.2. The van der Waals surface area contributed by atoms with Crippen molar-refractivity contribution >= 4 is 33.9 Å². The molecule has 1 aliphatic heterocycles. The van der Waals surface area contributed by atoms with Crippen LogP contribution in [0.2, 0.25) is 0 Å². The van der Waals surface area contributed by atoms with E-state index in [9.17, 15) is 9.59 Å². The summed E-state index contributed by atoms with van der Waals surface area (Å²) in [5, 5.41) is 0. The molecular formula is C22H20BrNO4. The normalized spacial score (nSPS) is 15.4. The molecule has 0 saturated heterocycles. The standard InChI is InChI=1S/C22H20BrNO4/c1-14-20(22(26)28-3)18(12-16-11-17(23)9-10-19(16)27-2)21(25)24(14)13-15-7-5-4-6-8-15/h4-12H,13H2,1-3H3/b18-12-. The van der Waals surface area contributed by atoms with Crippen LogP contribution in [0.15, 0.2) is 69.8 Å². The van der Waals surface area contributed by atoms with Crippen LogP contribution in [0.4, 0.5) is 0 Å². The number of methoxy groups -OCH3 is 2. The van der Waals surface area contributed by atoms with Crippen LogP contribution >= 0.6 is 15.9 Å². The van der Waals surface area contributed by atoms with E-state index in [0.717, 1.165) is 10.0 Å². The lowest BCUT2D eigenvalue weighted by atomic mass is 10.0. The number of hydrogen-bond donors (Lipinski definition) is 0. The Bertz CT molecular complexity index is 979. The van der Waals surface area contributed by atoms with Gasteiger partial charge in [-0.1, -0.05) is 46.3 Å². The van der Waals surface area contributed by atoms with E-state index in [1.807, 2.05) is 42.5 Å². The van der Waals surface area contributed by atoms with E-state index < -0.39 is 5.97 Å². The summed E-state index contributed by atoms with van der Waals surface area (Å²) in [5.74, 6) is -0.183. The van der Waals surface area contributed by atoms with E-state index in [1.54, 1.807) is 31.1 Å². The van der Waals surface area contributed by atoms with Crippen molar-refractivity contribution in [2.75, 3.05) is 14.2 Å². The highest BCUT2D eigenvalue weighted by Gasteiger charge is 2.37. The molecule has 0 saturated carbocycles. The molecule has 2 aromatic rings. The molecule has 0 N–H and O–H groups in total. The molecule has 0 radical (unpaired) electrons. The van der Waals surface area contributed by atoms with Gasteiger partial charge in [0.2, 0.25) is 0 Å². The zero-order valence-corrected chi connectivity index (χ0v) is 17.4. The van der Waals surface area contributed by atoms with Crippen molar-refractivity contribution < 1.29 is 19.1 Å². The molecule has 0 aliphatic carbocycles. The molecule has 0 fully saturated rings. The summed E-state index contributed by atoms with van der Waals surface area (Å²) in [6, 6.07) is 15.1. The number of nitrogens with zero attached hydrogens (tertiary/aromatic N) is 1. The maximum absolute atomic E-state index is 13.2. The van der Waals surface area contributed by atoms with Crippen molar-refractivity contribution in [3.05, 3.63) is 81.0 Å². The van der Waals surface area contributed by atoms with Crippen LogP contribution < -0.4 is 4.74 Å².